The Kier molecular flexibility index (Phi) is 6.15. The van der Waals surface area contributed by atoms with Crippen LogP contribution in [0.5, 0.6) is 5.75 Å². The second-order valence-electron chi connectivity index (χ2n) is 4.46. The molecule has 0 heterocycles. The lowest BCUT2D eigenvalue weighted by Crippen LogP contribution is -2.14. The molecule has 1 aromatic rings. The van der Waals surface area contributed by atoms with Crippen LogP contribution in [-0.2, 0) is 6.54 Å². The molecule has 0 aromatic heterocycles. The van der Waals surface area contributed by atoms with Crippen molar-refractivity contribution < 1.29 is 17.9 Å². The van der Waals surface area contributed by atoms with Crippen LogP contribution in [0.25, 0.3) is 0 Å². The Labute approximate surface area is 112 Å². The number of ether oxygens (including phenoxy) is 1. The molecule has 0 radical (unpaired) electrons. The lowest BCUT2D eigenvalue weighted by atomic mass is 10.1. The molecule has 1 rings (SSSR count). The summed E-state index contributed by atoms with van der Waals surface area (Å²) in [6.45, 7) is 5.55. The van der Waals surface area contributed by atoms with E-state index in [9.17, 15) is 13.2 Å². The number of alkyl halides is 3. The summed E-state index contributed by atoms with van der Waals surface area (Å²) >= 11 is 0. The zero-order valence-electron chi connectivity index (χ0n) is 11.3. The van der Waals surface area contributed by atoms with Crippen LogP contribution in [0.3, 0.4) is 0 Å². The average Bonchev–Trinajstić information content (AvgIpc) is 2.32. The van der Waals surface area contributed by atoms with Gasteiger partial charge in [-0.25, -0.2) is 0 Å². The topological polar surface area (TPSA) is 21.3 Å². The van der Waals surface area contributed by atoms with Crippen molar-refractivity contribution in [1.82, 2.24) is 5.32 Å². The fourth-order valence-corrected chi connectivity index (χ4v) is 1.70. The van der Waals surface area contributed by atoms with E-state index in [4.69, 9.17) is 4.74 Å². The number of halogens is 3. The molecule has 0 bridgehead atoms. The van der Waals surface area contributed by atoms with Gasteiger partial charge in [0.25, 0.3) is 0 Å². The van der Waals surface area contributed by atoms with E-state index < -0.39 is 12.6 Å². The van der Waals surface area contributed by atoms with E-state index in [0.717, 1.165) is 17.7 Å². The van der Waals surface area contributed by atoms with Gasteiger partial charge in [-0.15, -0.1) is 0 Å². The molecule has 19 heavy (non-hydrogen) atoms. The van der Waals surface area contributed by atoms with Crippen LogP contribution >= 0.6 is 0 Å². The fraction of sp³-hybridized carbons (Fsp3) is 0.571. The highest BCUT2D eigenvalue weighted by Gasteiger charge is 2.26. The Bertz CT molecular complexity index is 391. The van der Waals surface area contributed by atoms with Gasteiger partial charge in [0, 0.05) is 18.5 Å². The molecule has 0 aliphatic carbocycles. The molecule has 1 aromatic carbocycles. The van der Waals surface area contributed by atoms with Gasteiger partial charge in [0.1, 0.15) is 5.75 Å². The summed E-state index contributed by atoms with van der Waals surface area (Å²) in [5.74, 6) is 0.661. The van der Waals surface area contributed by atoms with Crippen molar-refractivity contribution >= 4 is 0 Å². The van der Waals surface area contributed by atoms with Crippen molar-refractivity contribution in [2.45, 2.75) is 39.4 Å². The molecular weight excluding hydrogens is 255 g/mol. The lowest BCUT2D eigenvalue weighted by Gasteiger charge is -2.13. The van der Waals surface area contributed by atoms with Gasteiger partial charge in [-0.1, -0.05) is 24.6 Å². The minimum atomic E-state index is -4.11. The molecule has 0 saturated heterocycles. The first kappa shape index (κ1) is 15.8. The number of benzene rings is 1. The van der Waals surface area contributed by atoms with Crippen molar-refractivity contribution in [2.24, 2.45) is 0 Å². The van der Waals surface area contributed by atoms with Gasteiger partial charge in [0.15, 0.2) is 0 Å². The summed E-state index contributed by atoms with van der Waals surface area (Å²) < 4.78 is 41.5. The largest absolute Gasteiger partial charge is 0.493 e. The third kappa shape index (κ3) is 6.47. The van der Waals surface area contributed by atoms with Crippen LogP contribution in [0.1, 0.15) is 30.9 Å². The Morgan fingerprint density at radius 3 is 2.63 bits per heavy atom. The fourth-order valence-electron chi connectivity index (χ4n) is 1.70. The van der Waals surface area contributed by atoms with Crippen molar-refractivity contribution in [2.75, 3.05) is 13.2 Å². The second-order valence-corrected chi connectivity index (χ2v) is 4.46. The maximum absolute atomic E-state index is 12.0. The number of hydrogen-bond acceptors (Lipinski definition) is 2. The van der Waals surface area contributed by atoms with Crippen LogP contribution in [0.4, 0.5) is 13.2 Å². The van der Waals surface area contributed by atoms with Crippen molar-refractivity contribution in [3.63, 3.8) is 0 Å². The summed E-state index contributed by atoms with van der Waals surface area (Å²) in [7, 11) is 0. The summed E-state index contributed by atoms with van der Waals surface area (Å²) in [5.41, 5.74) is 2.09. The second kappa shape index (κ2) is 7.38. The number of aryl methyl sites for hydroxylation is 1. The Morgan fingerprint density at radius 2 is 2.00 bits per heavy atom. The first-order chi connectivity index (χ1) is 8.92. The van der Waals surface area contributed by atoms with Crippen LogP contribution < -0.4 is 10.1 Å². The smallest absolute Gasteiger partial charge is 0.389 e. The van der Waals surface area contributed by atoms with Crippen LogP contribution in [0.2, 0.25) is 0 Å². The average molecular weight is 275 g/mol. The zero-order valence-corrected chi connectivity index (χ0v) is 11.3. The van der Waals surface area contributed by atoms with E-state index in [1.54, 1.807) is 0 Å². The van der Waals surface area contributed by atoms with Crippen LogP contribution in [0, 0.1) is 6.92 Å². The summed E-state index contributed by atoms with van der Waals surface area (Å²) in [4.78, 5) is 0. The lowest BCUT2D eigenvalue weighted by molar-refractivity contribution is -0.136. The van der Waals surface area contributed by atoms with Gasteiger partial charge in [0.05, 0.1) is 6.61 Å². The van der Waals surface area contributed by atoms with E-state index in [2.05, 4.69) is 5.32 Å². The van der Waals surface area contributed by atoms with Gasteiger partial charge in [-0.2, -0.15) is 13.2 Å². The van der Waals surface area contributed by atoms with E-state index in [0.29, 0.717) is 12.3 Å². The van der Waals surface area contributed by atoms with Gasteiger partial charge in [0.2, 0.25) is 0 Å². The maximum Gasteiger partial charge on any atom is 0.389 e. The zero-order chi connectivity index (χ0) is 14.3. The highest BCUT2D eigenvalue weighted by atomic mass is 19.4. The highest BCUT2D eigenvalue weighted by molar-refractivity contribution is 5.36. The van der Waals surface area contributed by atoms with Crippen LogP contribution in [-0.4, -0.2) is 19.3 Å². The van der Waals surface area contributed by atoms with Gasteiger partial charge < -0.3 is 10.1 Å². The Balaban J connectivity index is 2.52. The molecule has 5 heteroatoms. The Hall–Kier alpha value is -1.23. The third-order valence-corrected chi connectivity index (χ3v) is 2.64. The number of rotatable bonds is 7. The molecule has 108 valence electrons. The van der Waals surface area contributed by atoms with E-state index in [-0.39, 0.29) is 13.0 Å². The molecule has 0 unspecified atom stereocenters. The van der Waals surface area contributed by atoms with Gasteiger partial charge in [-0.3, -0.25) is 0 Å². The molecule has 0 fully saturated rings. The summed E-state index contributed by atoms with van der Waals surface area (Å²) in [5, 5.41) is 3.19. The summed E-state index contributed by atoms with van der Waals surface area (Å²) in [6.07, 6.45) is -4.93. The molecule has 0 aliphatic heterocycles. The minimum Gasteiger partial charge on any atom is -0.493 e. The third-order valence-electron chi connectivity index (χ3n) is 2.64. The maximum atomic E-state index is 12.0. The SMILES string of the molecule is CCNCc1cc(C)ccc1OCCCC(F)(F)F. The van der Waals surface area contributed by atoms with E-state index in [1.807, 2.05) is 32.0 Å². The van der Waals surface area contributed by atoms with Crippen molar-refractivity contribution in [3.8, 4) is 5.75 Å². The summed E-state index contributed by atoms with van der Waals surface area (Å²) in [6, 6.07) is 5.70. The monoisotopic (exact) mass is 275 g/mol. The molecule has 0 amide bonds. The van der Waals surface area contributed by atoms with E-state index >= 15 is 0 Å². The number of nitrogens with one attached hydrogen (secondary N) is 1. The van der Waals surface area contributed by atoms with E-state index in [1.165, 1.54) is 0 Å². The van der Waals surface area contributed by atoms with Gasteiger partial charge >= 0.3 is 6.18 Å². The Morgan fingerprint density at radius 1 is 1.26 bits per heavy atom. The molecule has 2 nitrogen and oxygen atoms in total. The molecule has 0 atom stereocenters. The molecule has 1 N–H and O–H groups in total. The van der Waals surface area contributed by atoms with Crippen molar-refractivity contribution in [3.05, 3.63) is 29.3 Å². The minimum absolute atomic E-state index is 0.0159. The van der Waals surface area contributed by atoms with Crippen LogP contribution in [0.15, 0.2) is 18.2 Å². The molecular formula is C14H20F3NO. The molecule has 0 aliphatic rings. The predicted octanol–water partition coefficient (Wildman–Crippen LogP) is 3.83. The quantitative estimate of drug-likeness (QED) is 0.764. The van der Waals surface area contributed by atoms with Gasteiger partial charge in [-0.05, 0) is 26.0 Å². The predicted molar refractivity (Wildman–Crippen MR) is 69.3 cm³/mol. The molecule has 0 saturated carbocycles. The first-order valence-electron chi connectivity index (χ1n) is 6.42. The normalized spacial score (nSPS) is 11.6. The molecule has 0 spiro atoms. The van der Waals surface area contributed by atoms with Crippen molar-refractivity contribution in [1.29, 1.82) is 0 Å². The number of hydrogen-bond donors (Lipinski definition) is 1. The first-order valence-corrected chi connectivity index (χ1v) is 6.42. The highest BCUT2D eigenvalue weighted by Crippen LogP contribution is 2.23. The standard InChI is InChI=1S/C14H20F3NO/c1-3-18-10-12-9-11(2)5-6-13(12)19-8-4-7-14(15,16)17/h5-6,9,18H,3-4,7-8,10H2,1-2H3.